The first kappa shape index (κ1) is 24.1. The molecule has 0 aliphatic heterocycles. The van der Waals surface area contributed by atoms with Gasteiger partial charge in [-0.05, 0) is 48.4 Å². The monoisotopic (exact) mass is 492 g/mol. The predicted octanol–water partition coefficient (Wildman–Crippen LogP) is 6.76. The number of nitrogens with zero attached hydrogens (tertiary/aromatic N) is 1. The van der Waals surface area contributed by atoms with Crippen LogP contribution in [0, 0.1) is 0 Å². The number of methoxy groups -OCH3 is 1. The van der Waals surface area contributed by atoms with E-state index in [1.165, 1.54) is 0 Å². The van der Waals surface area contributed by atoms with Crippen molar-refractivity contribution in [1.29, 1.82) is 0 Å². The molecule has 1 N–H and O–H groups in total. The van der Waals surface area contributed by atoms with Crippen LogP contribution in [0.15, 0.2) is 59.7 Å². The first-order chi connectivity index (χ1) is 15.5. The molecule has 0 spiro atoms. The number of para-hydroxylation sites is 1. The summed E-state index contributed by atoms with van der Waals surface area (Å²) in [6.45, 7) is 3.15. The van der Waals surface area contributed by atoms with E-state index in [1.807, 2.05) is 43.3 Å². The second-order valence-electron chi connectivity index (χ2n) is 6.71. The van der Waals surface area contributed by atoms with E-state index in [2.05, 4.69) is 10.5 Å². The van der Waals surface area contributed by atoms with E-state index < -0.39 is 0 Å². The van der Waals surface area contributed by atoms with Crippen LogP contribution in [0.4, 0.5) is 0 Å². The standard InChI is InChI=1S/C24H23Cl3N2O3/c1-3-31-23-12-17(13-28-29-14-18-6-4-5-7-22(18)30-2)11-21(27)24(23)32-15-16-8-9-19(25)20(26)10-16/h4-13,29H,3,14-15H2,1-2H3/b28-13-. The Bertz CT molecular complexity index is 1090. The van der Waals surface area contributed by atoms with Crippen molar-refractivity contribution in [1.82, 2.24) is 5.43 Å². The molecule has 8 heteroatoms. The zero-order valence-electron chi connectivity index (χ0n) is 17.7. The summed E-state index contributed by atoms with van der Waals surface area (Å²) in [4.78, 5) is 0. The average molecular weight is 494 g/mol. The van der Waals surface area contributed by atoms with Crippen LogP contribution >= 0.6 is 34.8 Å². The minimum atomic E-state index is 0.268. The first-order valence-corrected chi connectivity index (χ1v) is 11.1. The zero-order chi connectivity index (χ0) is 22.9. The summed E-state index contributed by atoms with van der Waals surface area (Å²) < 4.78 is 17.0. The third kappa shape index (κ3) is 6.45. The van der Waals surface area contributed by atoms with Crippen molar-refractivity contribution in [2.45, 2.75) is 20.1 Å². The Morgan fingerprint density at radius 2 is 1.72 bits per heavy atom. The largest absolute Gasteiger partial charge is 0.496 e. The summed E-state index contributed by atoms with van der Waals surface area (Å²) in [6.07, 6.45) is 1.67. The van der Waals surface area contributed by atoms with Gasteiger partial charge in [0, 0.05) is 5.56 Å². The van der Waals surface area contributed by atoms with Crippen LogP contribution in [0.5, 0.6) is 17.2 Å². The Kier molecular flexibility index (Phi) is 8.91. The van der Waals surface area contributed by atoms with Crippen molar-refractivity contribution in [2.24, 2.45) is 5.10 Å². The minimum Gasteiger partial charge on any atom is -0.496 e. The van der Waals surface area contributed by atoms with Gasteiger partial charge in [-0.1, -0.05) is 59.1 Å². The van der Waals surface area contributed by atoms with Crippen LogP contribution in [0.1, 0.15) is 23.6 Å². The van der Waals surface area contributed by atoms with Gasteiger partial charge in [-0.15, -0.1) is 0 Å². The minimum absolute atomic E-state index is 0.268. The second kappa shape index (κ2) is 11.9. The molecule has 0 fully saturated rings. The molecule has 0 heterocycles. The highest BCUT2D eigenvalue weighted by Gasteiger charge is 2.13. The molecule has 32 heavy (non-hydrogen) atoms. The fourth-order valence-electron chi connectivity index (χ4n) is 2.95. The fraction of sp³-hybridized carbons (Fsp3) is 0.208. The van der Waals surface area contributed by atoms with Crippen LogP contribution < -0.4 is 19.6 Å². The molecule has 0 aliphatic carbocycles. The van der Waals surface area contributed by atoms with Gasteiger partial charge >= 0.3 is 0 Å². The summed E-state index contributed by atoms with van der Waals surface area (Å²) in [5, 5.41) is 5.66. The number of hydrogen-bond donors (Lipinski definition) is 1. The summed E-state index contributed by atoms with van der Waals surface area (Å²) >= 11 is 18.5. The first-order valence-electron chi connectivity index (χ1n) is 9.92. The lowest BCUT2D eigenvalue weighted by Crippen LogP contribution is -2.07. The van der Waals surface area contributed by atoms with Crippen molar-refractivity contribution in [3.05, 3.63) is 86.4 Å². The summed E-state index contributed by atoms with van der Waals surface area (Å²) in [5.74, 6) is 1.80. The molecule has 5 nitrogen and oxygen atoms in total. The SMILES string of the molecule is CCOc1cc(/C=N\NCc2ccccc2OC)cc(Cl)c1OCc1ccc(Cl)c(Cl)c1. The normalized spacial score (nSPS) is 10.9. The topological polar surface area (TPSA) is 52.1 Å². The van der Waals surface area contributed by atoms with Gasteiger partial charge in [0.15, 0.2) is 11.5 Å². The fourth-order valence-corrected chi connectivity index (χ4v) is 3.54. The molecule has 0 saturated heterocycles. The van der Waals surface area contributed by atoms with E-state index in [4.69, 9.17) is 49.0 Å². The van der Waals surface area contributed by atoms with Gasteiger partial charge in [0.25, 0.3) is 0 Å². The van der Waals surface area contributed by atoms with E-state index in [0.717, 1.165) is 22.4 Å². The number of ether oxygens (including phenoxy) is 3. The summed E-state index contributed by atoms with van der Waals surface area (Å²) in [6, 6.07) is 16.7. The number of hydrogen-bond acceptors (Lipinski definition) is 5. The van der Waals surface area contributed by atoms with E-state index in [1.54, 1.807) is 31.5 Å². The Balaban J connectivity index is 1.70. The van der Waals surface area contributed by atoms with Crippen LogP contribution in [0.2, 0.25) is 15.1 Å². The molecule has 0 aliphatic rings. The van der Waals surface area contributed by atoms with Crippen molar-refractivity contribution in [3.63, 3.8) is 0 Å². The van der Waals surface area contributed by atoms with Crippen LogP contribution in [-0.4, -0.2) is 19.9 Å². The third-order valence-electron chi connectivity index (χ3n) is 4.47. The number of halogens is 3. The van der Waals surface area contributed by atoms with Gasteiger partial charge in [-0.25, -0.2) is 0 Å². The molecule has 0 amide bonds. The van der Waals surface area contributed by atoms with E-state index >= 15 is 0 Å². The maximum atomic E-state index is 6.49. The molecule has 0 saturated carbocycles. The van der Waals surface area contributed by atoms with Crippen molar-refractivity contribution < 1.29 is 14.2 Å². The smallest absolute Gasteiger partial charge is 0.180 e. The van der Waals surface area contributed by atoms with E-state index in [-0.39, 0.29) is 6.61 Å². The average Bonchev–Trinajstić information content (AvgIpc) is 2.79. The highest BCUT2D eigenvalue weighted by atomic mass is 35.5. The van der Waals surface area contributed by atoms with Gasteiger partial charge in [-0.3, -0.25) is 0 Å². The van der Waals surface area contributed by atoms with Crippen LogP contribution in [0.25, 0.3) is 0 Å². The molecule has 0 unspecified atom stereocenters. The number of hydrazone groups is 1. The van der Waals surface area contributed by atoms with Gasteiger partial charge in [0.2, 0.25) is 0 Å². The molecule has 0 atom stereocenters. The van der Waals surface area contributed by atoms with Gasteiger partial charge in [-0.2, -0.15) is 5.10 Å². The zero-order valence-corrected chi connectivity index (χ0v) is 20.0. The second-order valence-corrected chi connectivity index (χ2v) is 7.93. The third-order valence-corrected chi connectivity index (χ3v) is 5.49. The van der Waals surface area contributed by atoms with Crippen LogP contribution in [0.3, 0.4) is 0 Å². The maximum Gasteiger partial charge on any atom is 0.180 e. The summed E-state index contributed by atoms with van der Waals surface area (Å²) in [5.41, 5.74) is 5.66. The lowest BCUT2D eigenvalue weighted by Gasteiger charge is -2.15. The number of benzene rings is 3. The lowest BCUT2D eigenvalue weighted by molar-refractivity contribution is 0.269. The highest BCUT2D eigenvalue weighted by molar-refractivity contribution is 6.42. The molecular formula is C24H23Cl3N2O3. The predicted molar refractivity (Wildman–Crippen MR) is 131 cm³/mol. The summed E-state index contributed by atoms with van der Waals surface area (Å²) in [7, 11) is 1.64. The number of nitrogens with one attached hydrogen (secondary N) is 1. The Labute approximate surface area is 202 Å². The van der Waals surface area contributed by atoms with Crippen molar-refractivity contribution in [3.8, 4) is 17.2 Å². The molecule has 0 aromatic heterocycles. The van der Waals surface area contributed by atoms with Gasteiger partial charge in [0.05, 0.1) is 41.5 Å². The van der Waals surface area contributed by atoms with Gasteiger partial charge < -0.3 is 19.6 Å². The molecule has 3 aromatic carbocycles. The highest BCUT2D eigenvalue weighted by Crippen LogP contribution is 2.37. The molecular weight excluding hydrogens is 471 g/mol. The lowest BCUT2D eigenvalue weighted by atomic mass is 10.2. The van der Waals surface area contributed by atoms with Crippen molar-refractivity contribution >= 4 is 41.0 Å². The molecule has 168 valence electrons. The van der Waals surface area contributed by atoms with Crippen molar-refractivity contribution in [2.75, 3.05) is 13.7 Å². The van der Waals surface area contributed by atoms with Gasteiger partial charge in [0.1, 0.15) is 12.4 Å². The molecule has 3 aromatic rings. The van der Waals surface area contributed by atoms with E-state index in [0.29, 0.717) is 39.7 Å². The quantitative estimate of drug-likeness (QED) is 0.250. The Morgan fingerprint density at radius 3 is 2.47 bits per heavy atom. The molecule has 0 bridgehead atoms. The Morgan fingerprint density at radius 1 is 0.906 bits per heavy atom. The Hall–Kier alpha value is -2.60. The number of rotatable bonds is 10. The van der Waals surface area contributed by atoms with E-state index in [9.17, 15) is 0 Å². The molecule has 0 radical (unpaired) electrons. The molecule has 3 rings (SSSR count). The van der Waals surface area contributed by atoms with Crippen LogP contribution in [-0.2, 0) is 13.2 Å². The maximum absolute atomic E-state index is 6.49.